The molecule has 0 spiro atoms. The van der Waals surface area contributed by atoms with Crippen LogP contribution in [0.2, 0.25) is 0 Å². The minimum atomic E-state index is -0.263. The van der Waals surface area contributed by atoms with E-state index < -0.39 is 0 Å². The monoisotopic (exact) mass is 478 g/mol. The summed E-state index contributed by atoms with van der Waals surface area (Å²) in [5.41, 5.74) is 8.62. The summed E-state index contributed by atoms with van der Waals surface area (Å²) in [6, 6.07) is 22.8. The van der Waals surface area contributed by atoms with E-state index in [1.54, 1.807) is 7.11 Å². The highest BCUT2D eigenvalue weighted by molar-refractivity contribution is 5.86. The van der Waals surface area contributed by atoms with E-state index in [4.69, 9.17) is 14.0 Å². The lowest BCUT2D eigenvalue weighted by molar-refractivity contribution is 0.240. The quantitative estimate of drug-likeness (QED) is 0.330. The molecule has 0 amide bonds. The van der Waals surface area contributed by atoms with Crippen LogP contribution >= 0.6 is 0 Å². The Kier molecular flexibility index (Phi) is 5.18. The summed E-state index contributed by atoms with van der Waals surface area (Å²) in [5, 5.41) is 8.05. The summed E-state index contributed by atoms with van der Waals surface area (Å²) in [7, 11) is 1.71. The van der Waals surface area contributed by atoms with Crippen molar-refractivity contribution in [1.82, 2.24) is 5.16 Å². The first kappa shape index (κ1) is 22.5. The number of rotatable bonds is 3. The Labute approximate surface area is 211 Å². The van der Waals surface area contributed by atoms with Crippen LogP contribution in [-0.4, -0.2) is 17.8 Å². The molecule has 5 heteroatoms. The van der Waals surface area contributed by atoms with Crippen molar-refractivity contribution >= 4 is 11.8 Å². The van der Waals surface area contributed by atoms with Crippen LogP contribution in [0.25, 0.3) is 17.2 Å². The highest BCUT2D eigenvalue weighted by Gasteiger charge is 2.41. The predicted octanol–water partition coefficient (Wildman–Crippen LogP) is 7.53. The van der Waals surface area contributed by atoms with Gasteiger partial charge < -0.3 is 19.3 Å². The van der Waals surface area contributed by atoms with Crippen molar-refractivity contribution in [3.05, 3.63) is 100 Å². The molecule has 0 saturated heterocycles. The summed E-state index contributed by atoms with van der Waals surface area (Å²) in [4.78, 5) is 0. The van der Waals surface area contributed by atoms with E-state index in [0.29, 0.717) is 0 Å². The maximum Gasteiger partial charge on any atom is 0.150 e. The third kappa shape index (κ3) is 3.49. The molecule has 0 saturated carbocycles. The zero-order valence-corrected chi connectivity index (χ0v) is 21.3. The number of methoxy groups -OCH3 is 1. The van der Waals surface area contributed by atoms with E-state index in [9.17, 15) is 0 Å². The standard InChI is InChI=1S/C31H30N2O3/c1-18-16-21(33-36-18)17-23-19(2)27-24(32-31(23,3)4)15-14-22-28-25(34-5)12-9-13-26(28)35-30(29(22)27)20-10-7-6-8-11-20/h6-17,19,30,32H,1-5H3. The van der Waals surface area contributed by atoms with Crippen LogP contribution < -0.4 is 14.8 Å². The number of aromatic nitrogens is 1. The largest absolute Gasteiger partial charge is 0.496 e. The zero-order chi connectivity index (χ0) is 25.0. The van der Waals surface area contributed by atoms with Crippen molar-refractivity contribution in [3.8, 4) is 22.6 Å². The summed E-state index contributed by atoms with van der Waals surface area (Å²) in [6.45, 7) is 8.63. The van der Waals surface area contributed by atoms with Gasteiger partial charge in [0.2, 0.25) is 0 Å². The highest BCUT2D eigenvalue weighted by atomic mass is 16.5. The van der Waals surface area contributed by atoms with Crippen LogP contribution in [0.5, 0.6) is 11.5 Å². The summed E-state index contributed by atoms with van der Waals surface area (Å²) >= 11 is 0. The molecule has 3 aromatic carbocycles. The summed E-state index contributed by atoms with van der Waals surface area (Å²) in [6.07, 6.45) is 1.92. The number of ether oxygens (including phenoxy) is 2. The molecule has 1 N–H and O–H groups in total. The van der Waals surface area contributed by atoms with Crippen molar-refractivity contribution in [2.75, 3.05) is 12.4 Å². The van der Waals surface area contributed by atoms with Gasteiger partial charge in [-0.05, 0) is 67.3 Å². The Morgan fingerprint density at radius 2 is 1.81 bits per heavy atom. The Bertz CT molecular complexity index is 1480. The molecule has 5 nitrogen and oxygen atoms in total. The second kappa shape index (κ2) is 8.30. The molecular weight excluding hydrogens is 448 g/mol. The Morgan fingerprint density at radius 1 is 1.00 bits per heavy atom. The fraction of sp³-hybridized carbons (Fsp3) is 0.258. The number of benzene rings is 3. The molecular formula is C31H30N2O3. The lowest BCUT2D eigenvalue weighted by Crippen LogP contribution is -2.40. The van der Waals surface area contributed by atoms with Gasteiger partial charge in [0.15, 0.2) is 0 Å². The van der Waals surface area contributed by atoms with Gasteiger partial charge in [0.1, 0.15) is 29.1 Å². The molecule has 182 valence electrons. The maximum atomic E-state index is 6.76. The van der Waals surface area contributed by atoms with Gasteiger partial charge in [-0.25, -0.2) is 0 Å². The van der Waals surface area contributed by atoms with Gasteiger partial charge in [-0.15, -0.1) is 0 Å². The fourth-order valence-electron chi connectivity index (χ4n) is 5.83. The minimum absolute atomic E-state index is 0.120. The molecule has 0 aliphatic carbocycles. The SMILES string of the molecule is COc1cccc2c1-c1ccc3c(c1C(c1ccccc1)O2)C(C)C(=Cc1cc(C)on1)C(C)(C)N3. The highest BCUT2D eigenvalue weighted by Crippen LogP contribution is 2.55. The fourth-order valence-corrected chi connectivity index (χ4v) is 5.83. The maximum absolute atomic E-state index is 6.76. The number of anilines is 1. The molecule has 3 heterocycles. The average Bonchev–Trinajstić information content (AvgIpc) is 3.30. The van der Waals surface area contributed by atoms with E-state index in [0.717, 1.165) is 45.3 Å². The molecule has 1 aromatic heterocycles. The van der Waals surface area contributed by atoms with Crippen LogP contribution in [0.1, 0.15) is 60.9 Å². The number of nitrogens with one attached hydrogen (secondary N) is 1. The van der Waals surface area contributed by atoms with Gasteiger partial charge >= 0.3 is 0 Å². The first-order valence-electron chi connectivity index (χ1n) is 12.4. The van der Waals surface area contributed by atoms with Gasteiger partial charge in [0, 0.05) is 23.2 Å². The molecule has 2 aliphatic heterocycles. The molecule has 0 radical (unpaired) electrons. The molecule has 4 aromatic rings. The minimum Gasteiger partial charge on any atom is -0.496 e. The van der Waals surface area contributed by atoms with Crippen molar-refractivity contribution < 1.29 is 14.0 Å². The average molecular weight is 479 g/mol. The zero-order valence-electron chi connectivity index (χ0n) is 21.3. The van der Waals surface area contributed by atoms with Crippen LogP contribution in [0.15, 0.2) is 76.8 Å². The lowest BCUT2D eigenvalue weighted by Gasteiger charge is -2.43. The molecule has 36 heavy (non-hydrogen) atoms. The normalized spacial score (nSPS) is 20.5. The third-order valence-corrected chi connectivity index (χ3v) is 7.39. The number of nitrogens with zero attached hydrogens (tertiary/aromatic N) is 1. The van der Waals surface area contributed by atoms with Crippen LogP contribution in [0.4, 0.5) is 5.69 Å². The molecule has 2 aliphatic rings. The van der Waals surface area contributed by atoms with Gasteiger partial charge in [-0.1, -0.05) is 54.5 Å². The number of aryl methyl sites for hydroxylation is 1. The first-order chi connectivity index (χ1) is 17.4. The van der Waals surface area contributed by atoms with E-state index in [1.807, 2.05) is 37.3 Å². The molecule has 6 rings (SSSR count). The summed E-state index contributed by atoms with van der Waals surface area (Å²) < 4.78 is 17.9. The lowest BCUT2D eigenvalue weighted by atomic mass is 9.72. The molecule has 0 bridgehead atoms. The second-order valence-electron chi connectivity index (χ2n) is 10.2. The topological polar surface area (TPSA) is 56.5 Å². The van der Waals surface area contributed by atoms with Crippen LogP contribution in [0, 0.1) is 6.92 Å². The Hall–Kier alpha value is -3.99. The van der Waals surface area contributed by atoms with Gasteiger partial charge in [0.05, 0.1) is 18.2 Å². The van der Waals surface area contributed by atoms with Crippen molar-refractivity contribution in [2.45, 2.75) is 45.3 Å². The molecule has 0 fully saturated rings. The Balaban J connectivity index is 1.62. The molecule has 2 unspecified atom stereocenters. The van der Waals surface area contributed by atoms with Crippen LogP contribution in [-0.2, 0) is 0 Å². The second-order valence-corrected chi connectivity index (χ2v) is 10.2. The van der Waals surface area contributed by atoms with Gasteiger partial charge in [-0.2, -0.15) is 0 Å². The van der Waals surface area contributed by atoms with Crippen LogP contribution in [0.3, 0.4) is 0 Å². The Morgan fingerprint density at radius 3 is 2.53 bits per heavy atom. The van der Waals surface area contributed by atoms with E-state index in [2.05, 4.69) is 73.7 Å². The van der Waals surface area contributed by atoms with Gasteiger partial charge in [0.25, 0.3) is 0 Å². The third-order valence-electron chi connectivity index (χ3n) is 7.39. The molecule has 2 atom stereocenters. The number of hydrogen-bond donors (Lipinski definition) is 1. The summed E-state index contributed by atoms with van der Waals surface area (Å²) in [5.74, 6) is 2.57. The number of hydrogen-bond acceptors (Lipinski definition) is 5. The van der Waals surface area contributed by atoms with E-state index in [-0.39, 0.29) is 17.6 Å². The smallest absolute Gasteiger partial charge is 0.150 e. The number of fused-ring (bicyclic) bond motifs is 5. The van der Waals surface area contributed by atoms with Crippen molar-refractivity contribution in [3.63, 3.8) is 0 Å². The van der Waals surface area contributed by atoms with Crippen molar-refractivity contribution in [1.29, 1.82) is 0 Å². The van der Waals surface area contributed by atoms with Crippen molar-refractivity contribution in [2.24, 2.45) is 0 Å². The van der Waals surface area contributed by atoms with E-state index >= 15 is 0 Å². The first-order valence-corrected chi connectivity index (χ1v) is 12.4. The predicted molar refractivity (Wildman–Crippen MR) is 143 cm³/mol. The van der Waals surface area contributed by atoms with Gasteiger partial charge in [-0.3, -0.25) is 0 Å². The van der Waals surface area contributed by atoms with E-state index in [1.165, 1.54) is 16.7 Å².